The highest BCUT2D eigenvalue weighted by molar-refractivity contribution is 5.47. The van der Waals surface area contributed by atoms with Gasteiger partial charge in [0.25, 0.3) is 6.43 Å². The van der Waals surface area contributed by atoms with Gasteiger partial charge in [0.05, 0.1) is 5.60 Å². The highest BCUT2D eigenvalue weighted by Crippen LogP contribution is 2.22. The summed E-state index contributed by atoms with van der Waals surface area (Å²) in [6, 6.07) is 3.58. The van der Waals surface area contributed by atoms with Crippen LogP contribution < -0.4 is 4.90 Å². The van der Waals surface area contributed by atoms with Crippen molar-refractivity contribution < 1.29 is 13.9 Å². The van der Waals surface area contributed by atoms with Crippen LogP contribution in [0.2, 0.25) is 0 Å². The van der Waals surface area contributed by atoms with Crippen LogP contribution in [0.5, 0.6) is 0 Å². The van der Waals surface area contributed by atoms with Gasteiger partial charge < -0.3 is 10.0 Å². The zero-order valence-corrected chi connectivity index (χ0v) is 14.0. The summed E-state index contributed by atoms with van der Waals surface area (Å²) in [4.78, 5) is 4.28. The third-order valence-electron chi connectivity index (χ3n) is 4.08. The van der Waals surface area contributed by atoms with Crippen LogP contribution in [0.1, 0.15) is 33.0 Å². The second kappa shape index (κ2) is 6.21. The van der Waals surface area contributed by atoms with Gasteiger partial charge in [-0.1, -0.05) is 0 Å². The van der Waals surface area contributed by atoms with Gasteiger partial charge in [-0.3, -0.25) is 4.90 Å². The number of halogens is 2. The molecule has 2 aromatic heterocycles. The Balaban J connectivity index is 1.80. The minimum Gasteiger partial charge on any atom is -0.389 e. The maximum Gasteiger partial charge on any atom is 0.299 e. The first kappa shape index (κ1) is 17.0. The van der Waals surface area contributed by atoms with Gasteiger partial charge in [-0.2, -0.15) is 4.52 Å². The van der Waals surface area contributed by atoms with Crippen LogP contribution in [0, 0.1) is 0 Å². The molecule has 1 unspecified atom stereocenters. The first-order chi connectivity index (χ1) is 11.2. The number of hydrogen-bond acceptors (Lipinski definition) is 6. The molecule has 3 heterocycles. The average molecular weight is 340 g/mol. The van der Waals surface area contributed by atoms with E-state index in [1.54, 1.807) is 26.0 Å². The predicted molar refractivity (Wildman–Crippen MR) is 85.3 cm³/mol. The van der Waals surface area contributed by atoms with Crippen molar-refractivity contribution >= 4 is 11.5 Å². The van der Waals surface area contributed by atoms with Gasteiger partial charge >= 0.3 is 0 Å². The van der Waals surface area contributed by atoms with E-state index in [0.29, 0.717) is 24.6 Å². The van der Waals surface area contributed by atoms with E-state index in [1.165, 1.54) is 0 Å². The molecule has 0 saturated carbocycles. The molecule has 0 radical (unpaired) electrons. The second-order valence-corrected chi connectivity index (χ2v) is 6.91. The SMILES string of the molecule is CC1CN(CC(C)(C)O)CCN1c1ccc2nnc(C(F)F)n2n1. The smallest absolute Gasteiger partial charge is 0.299 e. The van der Waals surface area contributed by atoms with Crippen molar-refractivity contribution in [1.29, 1.82) is 0 Å². The second-order valence-electron chi connectivity index (χ2n) is 6.91. The zero-order chi connectivity index (χ0) is 17.5. The first-order valence-electron chi connectivity index (χ1n) is 7.96. The maximum atomic E-state index is 13.0. The molecule has 0 amide bonds. The molecule has 7 nitrogen and oxygen atoms in total. The molecule has 1 aliphatic heterocycles. The molecular formula is C15H22F2N6O. The summed E-state index contributed by atoms with van der Waals surface area (Å²) in [7, 11) is 0. The van der Waals surface area contributed by atoms with E-state index < -0.39 is 17.9 Å². The molecule has 3 rings (SSSR count). The lowest BCUT2D eigenvalue weighted by Gasteiger charge is -2.42. The molecule has 9 heteroatoms. The number of aromatic nitrogens is 4. The topological polar surface area (TPSA) is 69.8 Å². The Morgan fingerprint density at radius 2 is 2.04 bits per heavy atom. The van der Waals surface area contributed by atoms with Crippen LogP contribution in [0.15, 0.2) is 12.1 Å². The summed E-state index contributed by atoms with van der Waals surface area (Å²) >= 11 is 0. The molecule has 132 valence electrons. The number of alkyl halides is 2. The van der Waals surface area contributed by atoms with Crippen molar-refractivity contribution in [3.8, 4) is 0 Å². The van der Waals surface area contributed by atoms with Gasteiger partial charge in [-0.25, -0.2) is 8.78 Å². The Morgan fingerprint density at radius 3 is 2.67 bits per heavy atom. The van der Waals surface area contributed by atoms with Gasteiger partial charge in [0.1, 0.15) is 5.82 Å². The summed E-state index contributed by atoms with van der Waals surface area (Å²) in [5.41, 5.74) is -0.435. The molecule has 1 fully saturated rings. The summed E-state index contributed by atoms with van der Waals surface area (Å²) in [5, 5.41) is 21.5. The minimum atomic E-state index is -2.72. The van der Waals surface area contributed by atoms with Crippen molar-refractivity contribution in [3.63, 3.8) is 0 Å². The number of piperazine rings is 1. The van der Waals surface area contributed by atoms with Gasteiger partial charge in [-0.15, -0.1) is 15.3 Å². The normalized spacial score (nSPS) is 20.3. The predicted octanol–water partition coefficient (Wildman–Crippen LogP) is 1.34. The number of anilines is 1. The van der Waals surface area contributed by atoms with E-state index in [0.717, 1.165) is 17.6 Å². The Morgan fingerprint density at radius 1 is 1.29 bits per heavy atom. The van der Waals surface area contributed by atoms with E-state index in [9.17, 15) is 13.9 Å². The summed E-state index contributed by atoms with van der Waals surface area (Å²) in [6.07, 6.45) is -2.72. The molecule has 1 atom stereocenters. The van der Waals surface area contributed by atoms with Crippen molar-refractivity contribution in [2.75, 3.05) is 31.1 Å². The number of rotatable bonds is 4. The Labute approximate surface area is 138 Å². The van der Waals surface area contributed by atoms with Gasteiger partial charge in [0, 0.05) is 32.2 Å². The average Bonchev–Trinajstić information content (AvgIpc) is 2.88. The molecule has 0 aliphatic carbocycles. The molecule has 1 aliphatic rings. The quantitative estimate of drug-likeness (QED) is 0.906. The van der Waals surface area contributed by atoms with E-state index >= 15 is 0 Å². The molecule has 2 aromatic rings. The van der Waals surface area contributed by atoms with Crippen LogP contribution in [0.3, 0.4) is 0 Å². The monoisotopic (exact) mass is 340 g/mol. The van der Waals surface area contributed by atoms with E-state index in [-0.39, 0.29) is 6.04 Å². The Bertz CT molecular complexity index is 714. The van der Waals surface area contributed by atoms with Crippen molar-refractivity contribution in [2.45, 2.75) is 38.8 Å². The van der Waals surface area contributed by atoms with Crippen LogP contribution in [0.4, 0.5) is 14.6 Å². The Kier molecular flexibility index (Phi) is 4.39. The number of β-amino-alcohol motifs (C(OH)–C–C–N with tert-alkyl or cyclic N) is 1. The van der Waals surface area contributed by atoms with Crippen molar-refractivity contribution in [3.05, 3.63) is 18.0 Å². The third-order valence-corrected chi connectivity index (χ3v) is 4.08. The highest BCUT2D eigenvalue weighted by atomic mass is 19.3. The van der Waals surface area contributed by atoms with E-state index in [1.807, 2.05) is 0 Å². The molecule has 0 bridgehead atoms. The molecular weight excluding hydrogens is 318 g/mol. The van der Waals surface area contributed by atoms with Gasteiger partial charge in [0.2, 0.25) is 5.82 Å². The standard InChI is InChI=1S/C15H22F2N6O/c1-10-8-21(9-15(2,3)24)6-7-22(10)12-5-4-11-18-19-14(13(16)17)23(11)20-12/h4-5,10,13,24H,6-9H2,1-3H3. The van der Waals surface area contributed by atoms with Crippen LogP contribution in [-0.4, -0.2) is 67.6 Å². The van der Waals surface area contributed by atoms with Crippen molar-refractivity contribution in [1.82, 2.24) is 24.7 Å². The van der Waals surface area contributed by atoms with Crippen LogP contribution in [-0.2, 0) is 0 Å². The first-order valence-corrected chi connectivity index (χ1v) is 7.96. The van der Waals surface area contributed by atoms with Crippen molar-refractivity contribution in [2.24, 2.45) is 0 Å². The molecule has 1 N–H and O–H groups in total. The van der Waals surface area contributed by atoms with Gasteiger partial charge in [0.15, 0.2) is 5.65 Å². The molecule has 24 heavy (non-hydrogen) atoms. The molecule has 0 spiro atoms. The number of nitrogens with zero attached hydrogens (tertiary/aromatic N) is 6. The van der Waals surface area contributed by atoms with E-state index in [2.05, 4.69) is 32.0 Å². The third kappa shape index (κ3) is 3.46. The lowest BCUT2D eigenvalue weighted by molar-refractivity contribution is 0.0307. The fourth-order valence-electron chi connectivity index (χ4n) is 3.15. The fourth-order valence-corrected chi connectivity index (χ4v) is 3.15. The number of hydrogen-bond donors (Lipinski definition) is 1. The summed E-state index contributed by atoms with van der Waals surface area (Å²) in [6.45, 7) is 8.49. The number of fused-ring (bicyclic) bond motifs is 1. The van der Waals surface area contributed by atoms with Gasteiger partial charge in [-0.05, 0) is 32.9 Å². The Hall–Kier alpha value is -1.87. The summed E-state index contributed by atoms with van der Waals surface area (Å²) in [5.74, 6) is 0.180. The van der Waals surface area contributed by atoms with Crippen LogP contribution >= 0.6 is 0 Å². The summed E-state index contributed by atoms with van der Waals surface area (Å²) < 4.78 is 27.1. The molecule has 1 saturated heterocycles. The number of aliphatic hydroxyl groups is 1. The van der Waals surface area contributed by atoms with E-state index in [4.69, 9.17) is 0 Å². The fraction of sp³-hybridized carbons (Fsp3) is 0.667. The lowest BCUT2D eigenvalue weighted by Crippen LogP contribution is -2.55. The molecule has 0 aromatic carbocycles. The lowest BCUT2D eigenvalue weighted by atomic mass is 10.1. The minimum absolute atomic E-state index is 0.150. The van der Waals surface area contributed by atoms with Crippen LogP contribution in [0.25, 0.3) is 5.65 Å². The maximum absolute atomic E-state index is 13.0. The largest absolute Gasteiger partial charge is 0.389 e. The zero-order valence-electron chi connectivity index (χ0n) is 14.0. The highest BCUT2D eigenvalue weighted by Gasteiger charge is 2.28.